The summed E-state index contributed by atoms with van der Waals surface area (Å²) in [6, 6.07) is 2.08. The largest absolute Gasteiger partial charge is 0.478 e. The molecule has 0 atom stereocenters. The van der Waals surface area contributed by atoms with Gasteiger partial charge in [0.15, 0.2) is 0 Å². The number of carboxylic acid groups (broad SMARTS) is 1. The van der Waals surface area contributed by atoms with Crippen LogP contribution in [0.15, 0.2) is 17.0 Å². The van der Waals surface area contributed by atoms with Crippen molar-refractivity contribution >= 4 is 39.2 Å². The van der Waals surface area contributed by atoms with Crippen molar-refractivity contribution in [1.29, 1.82) is 0 Å². The molecule has 0 aliphatic rings. The van der Waals surface area contributed by atoms with E-state index in [9.17, 15) is 13.2 Å². The van der Waals surface area contributed by atoms with E-state index in [1.54, 1.807) is 6.92 Å². The number of hydrogen-bond donors (Lipinski definition) is 1. The second kappa shape index (κ2) is 7.42. The fourth-order valence-corrected chi connectivity index (χ4v) is 3.93. The fourth-order valence-electron chi connectivity index (χ4n) is 1.67. The Morgan fingerprint density at radius 1 is 1.33 bits per heavy atom. The van der Waals surface area contributed by atoms with Gasteiger partial charge in [-0.05, 0) is 12.1 Å². The minimum Gasteiger partial charge on any atom is -0.478 e. The van der Waals surface area contributed by atoms with Crippen LogP contribution in [0.5, 0.6) is 0 Å². The molecule has 1 aromatic carbocycles. The number of hydrogen-bond acceptors (Lipinski definition) is 4. The highest BCUT2D eigenvalue weighted by molar-refractivity contribution is 7.89. The summed E-state index contributed by atoms with van der Waals surface area (Å²) in [6.45, 7) is 2.21. The van der Waals surface area contributed by atoms with Crippen molar-refractivity contribution in [3.63, 3.8) is 0 Å². The number of nitrogens with zero attached hydrogens (tertiary/aromatic N) is 1. The standard InChI is InChI=1S/C12H15Cl2NO5S/c1-3-15(4-5-20-2)21(18,19)11-6-8(12(16)17)9(13)7-10(11)14/h6-7H,3-5H2,1-2H3,(H,16,17). The molecule has 0 heterocycles. The fraction of sp³-hybridized carbons (Fsp3) is 0.417. The molecule has 0 radical (unpaired) electrons. The molecule has 118 valence electrons. The third kappa shape index (κ3) is 4.08. The van der Waals surface area contributed by atoms with Crippen molar-refractivity contribution < 1.29 is 23.1 Å². The highest BCUT2D eigenvalue weighted by atomic mass is 35.5. The van der Waals surface area contributed by atoms with Crippen LogP contribution >= 0.6 is 23.2 Å². The van der Waals surface area contributed by atoms with Crippen LogP contribution in [0, 0.1) is 0 Å². The van der Waals surface area contributed by atoms with Crippen LogP contribution in [0.25, 0.3) is 0 Å². The molecule has 1 N–H and O–H groups in total. The minimum absolute atomic E-state index is 0.119. The average molecular weight is 356 g/mol. The molecule has 0 aliphatic heterocycles. The topological polar surface area (TPSA) is 83.9 Å². The van der Waals surface area contributed by atoms with Crippen molar-refractivity contribution in [1.82, 2.24) is 4.31 Å². The Morgan fingerprint density at radius 3 is 2.43 bits per heavy atom. The molecule has 0 fully saturated rings. The van der Waals surface area contributed by atoms with E-state index in [1.165, 1.54) is 7.11 Å². The number of likely N-dealkylation sites (N-methyl/N-ethyl adjacent to an activating group) is 1. The van der Waals surface area contributed by atoms with E-state index in [4.69, 9.17) is 33.0 Å². The van der Waals surface area contributed by atoms with Gasteiger partial charge in [-0.1, -0.05) is 30.1 Å². The van der Waals surface area contributed by atoms with Gasteiger partial charge in [-0.3, -0.25) is 0 Å². The van der Waals surface area contributed by atoms with Crippen LogP contribution in [0.4, 0.5) is 0 Å². The Hall–Kier alpha value is -0.860. The average Bonchev–Trinajstić information content (AvgIpc) is 2.38. The van der Waals surface area contributed by atoms with E-state index in [0.29, 0.717) is 0 Å². The molecule has 1 rings (SSSR count). The second-order valence-corrected chi connectivity index (χ2v) is 6.78. The van der Waals surface area contributed by atoms with Crippen LogP contribution in [0.3, 0.4) is 0 Å². The number of rotatable bonds is 7. The lowest BCUT2D eigenvalue weighted by atomic mass is 10.2. The predicted molar refractivity (Wildman–Crippen MR) is 79.7 cm³/mol. The zero-order valence-electron chi connectivity index (χ0n) is 11.5. The van der Waals surface area contributed by atoms with E-state index in [0.717, 1.165) is 16.4 Å². The molecule has 0 bridgehead atoms. The third-order valence-corrected chi connectivity index (χ3v) is 5.52. The summed E-state index contributed by atoms with van der Waals surface area (Å²) in [5.74, 6) is -1.33. The molecule has 21 heavy (non-hydrogen) atoms. The second-order valence-electron chi connectivity index (χ2n) is 4.06. The predicted octanol–water partition coefficient (Wildman–Crippen LogP) is 2.35. The van der Waals surface area contributed by atoms with Gasteiger partial charge < -0.3 is 9.84 Å². The lowest BCUT2D eigenvalue weighted by molar-refractivity contribution is 0.0697. The van der Waals surface area contributed by atoms with Crippen LogP contribution in [0.2, 0.25) is 10.0 Å². The number of ether oxygens (including phenoxy) is 1. The van der Waals surface area contributed by atoms with Crippen molar-refractivity contribution in [2.75, 3.05) is 26.8 Å². The van der Waals surface area contributed by atoms with E-state index in [2.05, 4.69) is 0 Å². The first-order valence-corrected chi connectivity index (χ1v) is 8.16. The Balaban J connectivity index is 3.36. The summed E-state index contributed by atoms with van der Waals surface area (Å²) < 4.78 is 31.1. The lowest BCUT2D eigenvalue weighted by Crippen LogP contribution is -2.34. The van der Waals surface area contributed by atoms with Gasteiger partial charge in [0.2, 0.25) is 10.0 Å². The summed E-state index contributed by atoms with van der Waals surface area (Å²) in [5, 5.41) is 8.78. The Labute approximate surface area is 133 Å². The molecular weight excluding hydrogens is 341 g/mol. The maximum atomic E-state index is 12.5. The number of carbonyl (C=O) groups is 1. The summed E-state index contributed by atoms with van der Waals surface area (Å²) in [7, 11) is -2.47. The zero-order valence-corrected chi connectivity index (χ0v) is 13.8. The van der Waals surface area contributed by atoms with Gasteiger partial charge in [-0.2, -0.15) is 4.31 Å². The molecule has 6 nitrogen and oxygen atoms in total. The van der Waals surface area contributed by atoms with Gasteiger partial charge in [0.25, 0.3) is 0 Å². The maximum Gasteiger partial charge on any atom is 0.337 e. The first kappa shape index (κ1) is 18.2. The number of carboxylic acids is 1. The van der Waals surface area contributed by atoms with Gasteiger partial charge in [-0.25, -0.2) is 13.2 Å². The van der Waals surface area contributed by atoms with Crippen molar-refractivity contribution in [2.45, 2.75) is 11.8 Å². The van der Waals surface area contributed by atoms with Crippen LogP contribution in [-0.4, -0.2) is 50.6 Å². The number of sulfonamides is 1. The maximum absolute atomic E-state index is 12.5. The van der Waals surface area contributed by atoms with Gasteiger partial charge in [0, 0.05) is 20.2 Å². The molecule has 0 unspecified atom stereocenters. The monoisotopic (exact) mass is 355 g/mol. The number of benzene rings is 1. The number of methoxy groups -OCH3 is 1. The molecule has 0 spiro atoms. The number of halogens is 2. The Kier molecular flexibility index (Phi) is 6.42. The van der Waals surface area contributed by atoms with E-state index >= 15 is 0 Å². The highest BCUT2D eigenvalue weighted by Crippen LogP contribution is 2.30. The third-order valence-electron chi connectivity index (χ3n) is 2.77. The molecule has 0 amide bonds. The summed E-state index contributed by atoms with van der Waals surface area (Å²) >= 11 is 11.7. The normalized spacial score (nSPS) is 11.9. The van der Waals surface area contributed by atoms with Crippen LogP contribution in [0.1, 0.15) is 17.3 Å². The molecule has 0 saturated heterocycles. The number of aromatic carboxylic acids is 1. The SMILES string of the molecule is CCN(CCOC)S(=O)(=O)c1cc(C(=O)O)c(Cl)cc1Cl. The van der Waals surface area contributed by atoms with Gasteiger partial charge in [-0.15, -0.1) is 0 Å². The first-order valence-electron chi connectivity index (χ1n) is 5.97. The quantitative estimate of drug-likeness (QED) is 0.811. The van der Waals surface area contributed by atoms with E-state index in [-0.39, 0.29) is 40.2 Å². The Bertz CT molecular complexity index is 633. The van der Waals surface area contributed by atoms with Crippen LogP contribution < -0.4 is 0 Å². The van der Waals surface area contributed by atoms with Gasteiger partial charge >= 0.3 is 5.97 Å². The van der Waals surface area contributed by atoms with E-state index < -0.39 is 16.0 Å². The lowest BCUT2D eigenvalue weighted by Gasteiger charge is -2.21. The molecule has 0 saturated carbocycles. The molecule has 1 aromatic rings. The van der Waals surface area contributed by atoms with Gasteiger partial charge in [0.05, 0.1) is 22.2 Å². The summed E-state index contributed by atoms with van der Waals surface area (Å²) in [5.41, 5.74) is -0.317. The summed E-state index contributed by atoms with van der Waals surface area (Å²) in [4.78, 5) is 10.8. The zero-order chi connectivity index (χ0) is 16.2. The van der Waals surface area contributed by atoms with Crippen molar-refractivity contribution in [2.24, 2.45) is 0 Å². The first-order chi connectivity index (χ1) is 9.75. The highest BCUT2D eigenvalue weighted by Gasteiger charge is 2.27. The molecular formula is C12H15Cl2NO5S. The van der Waals surface area contributed by atoms with Crippen molar-refractivity contribution in [3.05, 3.63) is 27.7 Å². The van der Waals surface area contributed by atoms with Gasteiger partial charge in [0.1, 0.15) is 4.90 Å². The van der Waals surface area contributed by atoms with E-state index in [1.807, 2.05) is 0 Å². The van der Waals surface area contributed by atoms with Crippen molar-refractivity contribution in [3.8, 4) is 0 Å². The Morgan fingerprint density at radius 2 is 1.95 bits per heavy atom. The molecule has 0 aromatic heterocycles. The smallest absolute Gasteiger partial charge is 0.337 e. The van der Waals surface area contributed by atoms with Crippen LogP contribution in [-0.2, 0) is 14.8 Å². The molecule has 9 heteroatoms. The minimum atomic E-state index is -3.93. The molecule has 0 aliphatic carbocycles. The summed E-state index contributed by atoms with van der Waals surface area (Å²) in [6.07, 6.45) is 0.